The number of anilines is 1. The first-order valence-corrected chi connectivity index (χ1v) is 8.99. The summed E-state index contributed by atoms with van der Waals surface area (Å²) in [5.41, 5.74) is 2.51. The van der Waals surface area contributed by atoms with Crippen LogP contribution in [0.5, 0.6) is 0 Å². The van der Waals surface area contributed by atoms with E-state index in [1.165, 1.54) is 0 Å². The third-order valence-electron chi connectivity index (χ3n) is 2.81. The number of nitrogens with one attached hydrogen (secondary N) is 1. The van der Waals surface area contributed by atoms with Crippen molar-refractivity contribution < 1.29 is 8.42 Å². The molecular formula is C14H14BrClN2O2S. The van der Waals surface area contributed by atoms with E-state index in [1.54, 1.807) is 12.1 Å². The summed E-state index contributed by atoms with van der Waals surface area (Å²) in [6.07, 6.45) is 0. The average molecular weight is 390 g/mol. The van der Waals surface area contributed by atoms with E-state index in [0.717, 1.165) is 15.7 Å². The Bertz CT molecular complexity index is 733. The lowest BCUT2D eigenvalue weighted by Gasteiger charge is -2.09. The fraction of sp³-hybridized carbons (Fsp3) is 0.143. The zero-order chi connectivity index (χ0) is 15.5. The van der Waals surface area contributed by atoms with Gasteiger partial charge >= 0.3 is 0 Å². The molecule has 2 aromatic rings. The molecule has 2 rings (SSSR count). The third-order valence-corrected chi connectivity index (χ3v) is 4.41. The molecule has 0 fully saturated rings. The van der Waals surface area contributed by atoms with Crippen LogP contribution in [0, 0.1) is 0 Å². The molecule has 112 valence electrons. The highest BCUT2D eigenvalue weighted by molar-refractivity contribution is 9.10. The van der Waals surface area contributed by atoms with Crippen molar-refractivity contribution in [3.8, 4) is 0 Å². The van der Waals surface area contributed by atoms with Gasteiger partial charge < -0.3 is 5.32 Å². The van der Waals surface area contributed by atoms with Crippen LogP contribution in [0.4, 0.5) is 5.69 Å². The molecule has 0 saturated carbocycles. The SMILES string of the molecule is NS(=O)(=O)Cc1ccc(NCc2cc(Br)ccc2Cl)cc1. The Kier molecular flexibility index (Phi) is 5.27. The number of halogens is 2. The highest BCUT2D eigenvalue weighted by Gasteiger charge is 2.05. The maximum atomic E-state index is 11.0. The van der Waals surface area contributed by atoms with Gasteiger partial charge in [-0.1, -0.05) is 39.7 Å². The Morgan fingerprint density at radius 1 is 1.14 bits per heavy atom. The molecule has 21 heavy (non-hydrogen) atoms. The van der Waals surface area contributed by atoms with Gasteiger partial charge in [0.1, 0.15) is 0 Å². The van der Waals surface area contributed by atoms with Gasteiger partial charge in [0.25, 0.3) is 0 Å². The summed E-state index contributed by atoms with van der Waals surface area (Å²) in [5, 5.41) is 8.93. The van der Waals surface area contributed by atoms with Gasteiger partial charge in [0.15, 0.2) is 0 Å². The van der Waals surface area contributed by atoms with Crippen molar-refractivity contribution in [2.45, 2.75) is 12.3 Å². The van der Waals surface area contributed by atoms with E-state index in [2.05, 4.69) is 21.2 Å². The summed E-state index contributed by atoms with van der Waals surface area (Å²) in [7, 11) is -3.50. The van der Waals surface area contributed by atoms with Gasteiger partial charge in [-0.15, -0.1) is 0 Å². The Morgan fingerprint density at radius 2 is 1.81 bits per heavy atom. The summed E-state index contributed by atoms with van der Waals surface area (Å²) in [6.45, 7) is 0.576. The maximum absolute atomic E-state index is 11.0. The molecule has 0 aliphatic rings. The van der Waals surface area contributed by atoms with Crippen molar-refractivity contribution in [2.24, 2.45) is 5.14 Å². The van der Waals surface area contributed by atoms with Crippen molar-refractivity contribution in [1.82, 2.24) is 0 Å². The fourth-order valence-electron chi connectivity index (χ4n) is 1.83. The summed E-state index contributed by atoms with van der Waals surface area (Å²) in [5.74, 6) is -0.162. The minimum atomic E-state index is -3.50. The summed E-state index contributed by atoms with van der Waals surface area (Å²) < 4.78 is 23.0. The molecule has 0 aromatic heterocycles. The van der Waals surface area contributed by atoms with Crippen molar-refractivity contribution in [1.29, 1.82) is 0 Å². The first-order chi connectivity index (χ1) is 9.83. The topological polar surface area (TPSA) is 72.2 Å². The van der Waals surface area contributed by atoms with Crippen LogP contribution in [-0.4, -0.2) is 8.42 Å². The van der Waals surface area contributed by atoms with Gasteiger partial charge in [0.05, 0.1) is 5.75 Å². The second kappa shape index (κ2) is 6.79. The van der Waals surface area contributed by atoms with Crippen molar-refractivity contribution in [3.63, 3.8) is 0 Å². The second-order valence-corrected chi connectivity index (χ2v) is 7.53. The maximum Gasteiger partial charge on any atom is 0.213 e. The molecule has 0 radical (unpaired) electrons. The largest absolute Gasteiger partial charge is 0.381 e. The van der Waals surface area contributed by atoms with Gasteiger partial charge in [-0.25, -0.2) is 13.6 Å². The lowest BCUT2D eigenvalue weighted by atomic mass is 10.2. The minimum absolute atomic E-state index is 0.162. The first-order valence-electron chi connectivity index (χ1n) is 6.11. The predicted octanol–water partition coefficient (Wildman–Crippen LogP) is 3.50. The third kappa shape index (κ3) is 5.32. The molecule has 2 aromatic carbocycles. The van der Waals surface area contributed by atoms with Gasteiger partial charge in [-0.3, -0.25) is 0 Å². The van der Waals surface area contributed by atoms with E-state index in [0.29, 0.717) is 17.1 Å². The summed E-state index contributed by atoms with van der Waals surface area (Å²) >= 11 is 9.52. The van der Waals surface area contributed by atoms with Crippen LogP contribution < -0.4 is 10.5 Å². The molecule has 0 saturated heterocycles. The first kappa shape index (κ1) is 16.3. The number of sulfonamides is 1. The molecule has 4 nitrogen and oxygen atoms in total. The molecular weight excluding hydrogens is 376 g/mol. The number of nitrogens with two attached hydrogens (primary N) is 1. The van der Waals surface area contributed by atoms with Crippen LogP contribution >= 0.6 is 27.5 Å². The van der Waals surface area contributed by atoms with Crippen LogP contribution in [0.2, 0.25) is 5.02 Å². The van der Waals surface area contributed by atoms with E-state index >= 15 is 0 Å². The second-order valence-electron chi connectivity index (χ2n) is 4.59. The summed E-state index contributed by atoms with van der Waals surface area (Å²) in [6, 6.07) is 12.7. The number of hydrogen-bond donors (Lipinski definition) is 2. The van der Waals surface area contributed by atoms with Crippen LogP contribution in [0.3, 0.4) is 0 Å². The van der Waals surface area contributed by atoms with E-state index in [1.807, 2.05) is 30.3 Å². The monoisotopic (exact) mass is 388 g/mol. The molecule has 0 aliphatic heterocycles. The minimum Gasteiger partial charge on any atom is -0.381 e. The zero-order valence-electron chi connectivity index (χ0n) is 11.0. The van der Waals surface area contributed by atoms with E-state index < -0.39 is 10.0 Å². The fourth-order valence-corrected chi connectivity index (χ4v) is 3.08. The van der Waals surface area contributed by atoms with Crippen molar-refractivity contribution >= 4 is 43.2 Å². The van der Waals surface area contributed by atoms with Crippen LogP contribution in [0.1, 0.15) is 11.1 Å². The molecule has 7 heteroatoms. The van der Waals surface area contributed by atoms with Gasteiger partial charge in [0.2, 0.25) is 10.0 Å². The highest BCUT2D eigenvalue weighted by atomic mass is 79.9. The van der Waals surface area contributed by atoms with Crippen LogP contribution in [-0.2, 0) is 22.3 Å². The quantitative estimate of drug-likeness (QED) is 0.822. The Balaban J connectivity index is 2.02. The van der Waals surface area contributed by atoms with Gasteiger partial charge in [0, 0.05) is 21.7 Å². The van der Waals surface area contributed by atoms with Crippen LogP contribution in [0.25, 0.3) is 0 Å². The van der Waals surface area contributed by atoms with Gasteiger partial charge in [-0.05, 0) is 41.5 Å². The number of benzene rings is 2. The molecule has 0 atom stereocenters. The Labute approximate surface area is 137 Å². The summed E-state index contributed by atoms with van der Waals surface area (Å²) in [4.78, 5) is 0. The molecule has 0 bridgehead atoms. The van der Waals surface area contributed by atoms with E-state index in [4.69, 9.17) is 16.7 Å². The standard InChI is InChI=1S/C14H14BrClN2O2S/c15-12-3-6-14(16)11(7-12)8-18-13-4-1-10(2-5-13)9-21(17,19)20/h1-7,18H,8-9H2,(H2,17,19,20). The highest BCUT2D eigenvalue weighted by Crippen LogP contribution is 2.22. The molecule has 0 aliphatic carbocycles. The Hall–Kier alpha value is -1.08. The number of hydrogen-bond acceptors (Lipinski definition) is 3. The normalized spacial score (nSPS) is 11.4. The lowest BCUT2D eigenvalue weighted by Crippen LogP contribution is -2.14. The number of rotatable bonds is 5. The predicted molar refractivity (Wildman–Crippen MR) is 89.7 cm³/mol. The Morgan fingerprint density at radius 3 is 2.43 bits per heavy atom. The average Bonchev–Trinajstić information content (AvgIpc) is 2.40. The lowest BCUT2D eigenvalue weighted by molar-refractivity contribution is 0.597. The van der Waals surface area contributed by atoms with Crippen LogP contribution in [0.15, 0.2) is 46.9 Å². The zero-order valence-corrected chi connectivity index (χ0v) is 14.2. The van der Waals surface area contributed by atoms with Crippen molar-refractivity contribution in [3.05, 3.63) is 63.1 Å². The number of primary sulfonamides is 1. The molecule has 0 spiro atoms. The van der Waals surface area contributed by atoms with E-state index in [-0.39, 0.29) is 5.75 Å². The molecule has 0 heterocycles. The molecule has 3 N–H and O–H groups in total. The molecule has 0 unspecified atom stereocenters. The smallest absolute Gasteiger partial charge is 0.213 e. The van der Waals surface area contributed by atoms with Crippen molar-refractivity contribution in [2.75, 3.05) is 5.32 Å². The van der Waals surface area contributed by atoms with E-state index in [9.17, 15) is 8.42 Å². The molecule has 0 amide bonds. The van der Waals surface area contributed by atoms with Gasteiger partial charge in [-0.2, -0.15) is 0 Å².